The van der Waals surface area contributed by atoms with Gasteiger partial charge in [0, 0.05) is 0 Å². The van der Waals surface area contributed by atoms with Crippen molar-refractivity contribution in [2.45, 2.75) is 53.9 Å². The van der Waals surface area contributed by atoms with Gasteiger partial charge in [0.1, 0.15) is 0 Å². The Bertz CT molecular complexity index is 35.3. The molecule has 0 aliphatic heterocycles. The molecule has 0 amide bonds. The van der Waals surface area contributed by atoms with Crippen molar-refractivity contribution >= 4 is 0 Å². The summed E-state index contributed by atoms with van der Waals surface area (Å²) < 4.78 is 0. The standard InChI is InChI=1S/C5H12.C4H8.CH4/c1-3-5-4-2;1-3-4-2;/h3-5H2,1-2H3;3H,1,4H2,2H3;1H4. The van der Waals surface area contributed by atoms with Gasteiger partial charge < -0.3 is 0 Å². The zero-order valence-electron chi connectivity index (χ0n) is 7.11. The van der Waals surface area contributed by atoms with E-state index < -0.39 is 0 Å². The number of hydrogen-bond donors (Lipinski definition) is 0. The topological polar surface area (TPSA) is 0 Å². The quantitative estimate of drug-likeness (QED) is 0.514. The third-order valence-electron chi connectivity index (χ3n) is 0.996. The summed E-state index contributed by atoms with van der Waals surface area (Å²) in [6, 6.07) is 0. The second kappa shape index (κ2) is 23.3. The van der Waals surface area contributed by atoms with Gasteiger partial charge in [0.15, 0.2) is 0 Å². The Morgan fingerprint density at radius 2 is 1.40 bits per heavy atom. The summed E-state index contributed by atoms with van der Waals surface area (Å²) in [5, 5.41) is 0. The predicted octanol–water partition coefficient (Wildman–Crippen LogP) is 4.42. The summed E-state index contributed by atoms with van der Waals surface area (Å²) in [6.07, 6.45) is 7.03. The van der Waals surface area contributed by atoms with E-state index in [-0.39, 0.29) is 7.43 Å². The molecule has 0 aromatic heterocycles. The summed E-state index contributed by atoms with van der Waals surface area (Å²) in [4.78, 5) is 0. The van der Waals surface area contributed by atoms with Gasteiger partial charge in [0.25, 0.3) is 0 Å². The normalized spacial score (nSPS) is 6.70. The molecular formula is C10H24. The van der Waals surface area contributed by atoms with Gasteiger partial charge in [0.2, 0.25) is 0 Å². The molecule has 0 rings (SSSR count). The Morgan fingerprint density at radius 1 is 1.10 bits per heavy atom. The van der Waals surface area contributed by atoms with E-state index >= 15 is 0 Å². The van der Waals surface area contributed by atoms with Gasteiger partial charge in [-0.3, -0.25) is 0 Å². The largest absolute Gasteiger partial charge is 0.103 e. The molecule has 0 heteroatoms. The van der Waals surface area contributed by atoms with E-state index in [1.807, 2.05) is 6.08 Å². The maximum Gasteiger partial charge on any atom is -0.0382 e. The summed E-state index contributed by atoms with van der Waals surface area (Å²) >= 11 is 0. The van der Waals surface area contributed by atoms with E-state index in [1.54, 1.807) is 0 Å². The van der Waals surface area contributed by atoms with Crippen LogP contribution >= 0.6 is 0 Å². The van der Waals surface area contributed by atoms with Crippen molar-refractivity contribution in [2.24, 2.45) is 0 Å². The third-order valence-corrected chi connectivity index (χ3v) is 0.996. The van der Waals surface area contributed by atoms with Crippen LogP contribution in [0.25, 0.3) is 0 Å². The zero-order valence-corrected chi connectivity index (χ0v) is 7.11. The van der Waals surface area contributed by atoms with Crippen LogP contribution in [0.5, 0.6) is 0 Å². The fourth-order valence-electron chi connectivity index (χ4n) is 0.354. The Labute approximate surface area is 67.3 Å². The van der Waals surface area contributed by atoms with Gasteiger partial charge in [-0.25, -0.2) is 0 Å². The molecule has 0 aliphatic carbocycles. The lowest BCUT2D eigenvalue weighted by molar-refractivity contribution is 0.772. The predicted molar refractivity (Wildman–Crippen MR) is 52.4 cm³/mol. The molecule has 0 fully saturated rings. The highest BCUT2D eigenvalue weighted by Crippen LogP contribution is 1.88. The molecule has 10 heavy (non-hydrogen) atoms. The Morgan fingerprint density at radius 3 is 1.40 bits per heavy atom. The molecule has 0 aliphatic rings. The second-order valence-corrected chi connectivity index (χ2v) is 2.05. The smallest absolute Gasteiger partial charge is 0.0382 e. The van der Waals surface area contributed by atoms with Crippen LogP contribution in [0.1, 0.15) is 53.9 Å². The second-order valence-electron chi connectivity index (χ2n) is 2.05. The lowest BCUT2D eigenvalue weighted by Gasteiger charge is -1.79. The minimum Gasteiger partial charge on any atom is -0.103 e. The summed E-state index contributed by atoms with van der Waals surface area (Å²) in [6.45, 7) is 9.97. The molecule has 0 saturated heterocycles. The van der Waals surface area contributed by atoms with Gasteiger partial charge in [-0.1, -0.05) is 53.5 Å². The van der Waals surface area contributed by atoms with Crippen molar-refractivity contribution in [3.63, 3.8) is 0 Å². The first-order valence-electron chi connectivity index (χ1n) is 3.94. The van der Waals surface area contributed by atoms with Crippen molar-refractivity contribution in [3.05, 3.63) is 12.7 Å². The average Bonchev–Trinajstić information content (AvgIpc) is 1.91. The van der Waals surface area contributed by atoms with Crippen LogP contribution in [-0.2, 0) is 0 Å². The Hall–Kier alpha value is -0.260. The third kappa shape index (κ3) is 46.8. The highest BCUT2D eigenvalue weighted by Gasteiger charge is 1.68. The molecule has 0 atom stereocenters. The van der Waals surface area contributed by atoms with E-state index in [2.05, 4.69) is 27.4 Å². The van der Waals surface area contributed by atoms with Crippen LogP contribution in [0, 0.1) is 0 Å². The number of unbranched alkanes of at least 4 members (excludes halogenated alkanes) is 2. The lowest BCUT2D eigenvalue weighted by Crippen LogP contribution is -1.59. The molecule has 64 valence electrons. The molecule has 0 unspecified atom stereocenters. The first-order chi connectivity index (χ1) is 4.33. The maximum absolute atomic E-state index is 3.48. The van der Waals surface area contributed by atoms with Crippen molar-refractivity contribution < 1.29 is 0 Å². The van der Waals surface area contributed by atoms with Gasteiger partial charge >= 0.3 is 0 Å². The fraction of sp³-hybridized carbons (Fsp3) is 0.800. The molecule has 0 N–H and O–H groups in total. The minimum atomic E-state index is 0. The molecule has 0 nitrogen and oxygen atoms in total. The van der Waals surface area contributed by atoms with Gasteiger partial charge in [-0.2, -0.15) is 0 Å². The van der Waals surface area contributed by atoms with E-state index in [4.69, 9.17) is 0 Å². The zero-order chi connectivity index (χ0) is 7.54. The van der Waals surface area contributed by atoms with Crippen LogP contribution < -0.4 is 0 Å². The van der Waals surface area contributed by atoms with E-state index in [1.165, 1.54) is 19.3 Å². The average molecular weight is 144 g/mol. The monoisotopic (exact) mass is 144 g/mol. The number of hydrogen-bond acceptors (Lipinski definition) is 0. The van der Waals surface area contributed by atoms with Crippen LogP contribution in [0.15, 0.2) is 12.7 Å². The van der Waals surface area contributed by atoms with Gasteiger partial charge in [-0.15, -0.1) is 6.58 Å². The Balaban J connectivity index is -0.0000000910. The van der Waals surface area contributed by atoms with E-state index in [0.29, 0.717) is 0 Å². The minimum absolute atomic E-state index is 0. The molecule has 0 saturated carbocycles. The summed E-state index contributed by atoms with van der Waals surface area (Å²) in [5.41, 5.74) is 0. The molecule has 0 heterocycles. The van der Waals surface area contributed by atoms with Crippen molar-refractivity contribution in [2.75, 3.05) is 0 Å². The van der Waals surface area contributed by atoms with E-state index in [9.17, 15) is 0 Å². The first-order valence-corrected chi connectivity index (χ1v) is 3.94. The molecule has 0 aromatic rings. The van der Waals surface area contributed by atoms with Crippen molar-refractivity contribution in [3.8, 4) is 0 Å². The van der Waals surface area contributed by atoms with Crippen LogP contribution in [-0.4, -0.2) is 0 Å². The molecule has 0 aromatic carbocycles. The van der Waals surface area contributed by atoms with Crippen LogP contribution in [0.4, 0.5) is 0 Å². The molecule has 0 bridgehead atoms. The van der Waals surface area contributed by atoms with Crippen LogP contribution in [0.3, 0.4) is 0 Å². The number of rotatable bonds is 3. The van der Waals surface area contributed by atoms with Crippen molar-refractivity contribution in [1.29, 1.82) is 0 Å². The maximum atomic E-state index is 3.48. The molecule has 0 radical (unpaired) electrons. The number of allylic oxidation sites excluding steroid dienone is 1. The highest BCUT2D eigenvalue weighted by molar-refractivity contribution is 4.60. The molecule has 0 spiro atoms. The SMILES string of the molecule is C.C=CCC.CCCCC. The van der Waals surface area contributed by atoms with Crippen LogP contribution in [0.2, 0.25) is 0 Å². The van der Waals surface area contributed by atoms with E-state index in [0.717, 1.165) is 6.42 Å². The summed E-state index contributed by atoms with van der Waals surface area (Å²) in [7, 11) is 0. The first kappa shape index (κ1) is 16.4. The lowest BCUT2D eigenvalue weighted by atomic mass is 10.3. The fourth-order valence-corrected chi connectivity index (χ4v) is 0.354. The molecular weight excluding hydrogens is 120 g/mol. The summed E-state index contributed by atoms with van der Waals surface area (Å²) in [5.74, 6) is 0. The van der Waals surface area contributed by atoms with Crippen molar-refractivity contribution in [1.82, 2.24) is 0 Å². The van der Waals surface area contributed by atoms with Gasteiger partial charge in [-0.05, 0) is 6.42 Å². The Kier molecular flexibility index (Phi) is 38.2. The van der Waals surface area contributed by atoms with Gasteiger partial charge in [0.05, 0.1) is 0 Å². The highest BCUT2D eigenvalue weighted by atomic mass is 13.7.